The van der Waals surface area contributed by atoms with Crippen molar-refractivity contribution in [2.24, 2.45) is 0 Å². The van der Waals surface area contributed by atoms with Crippen LogP contribution in [0.3, 0.4) is 0 Å². The summed E-state index contributed by atoms with van der Waals surface area (Å²) in [5, 5.41) is 8.50. The molecule has 0 spiro atoms. The highest BCUT2D eigenvalue weighted by Crippen LogP contribution is 2.30. The first-order valence-electron chi connectivity index (χ1n) is 7.77. The maximum Gasteiger partial charge on any atom is 0.266 e. The first kappa shape index (κ1) is 16.9. The number of nitrogens with one attached hydrogen (secondary N) is 3. The van der Waals surface area contributed by atoms with Gasteiger partial charge in [0.2, 0.25) is 5.95 Å². The Morgan fingerprint density at radius 1 is 1.28 bits per heavy atom. The van der Waals surface area contributed by atoms with E-state index in [-0.39, 0.29) is 23.1 Å². The number of carbonyl (C=O) groups excluding carboxylic acids is 1. The second kappa shape index (κ2) is 6.15. The molecule has 0 aliphatic carbocycles. The summed E-state index contributed by atoms with van der Waals surface area (Å²) in [5.74, 6) is 0.406. The van der Waals surface area contributed by atoms with Crippen LogP contribution in [0.5, 0.6) is 5.75 Å². The van der Waals surface area contributed by atoms with Crippen molar-refractivity contribution in [2.45, 2.75) is 39.3 Å². The van der Waals surface area contributed by atoms with Gasteiger partial charge in [-0.25, -0.2) is 14.4 Å². The van der Waals surface area contributed by atoms with Gasteiger partial charge < -0.3 is 20.7 Å². The third kappa shape index (κ3) is 3.93. The van der Waals surface area contributed by atoms with Gasteiger partial charge in [-0.1, -0.05) is 0 Å². The summed E-state index contributed by atoms with van der Waals surface area (Å²) in [7, 11) is 0. The Balaban J connectivity index is 1.84. The largest absolute Gasteiger partial charge is 0.477 e. The van der Waals surface area contributed by atoms with Gasteiger partial charge >= 0.3 is 0 Å². The van der Waals surface area contributed by atoms with E-state index in [9.17, 15) is 9.18 Å². The minimum absolute atomic E-state index is 0.0226. The summed E-state index contributed by atoms with van der Waals surface area (Å²) >= 11 is 0. The summed E-state index contributed by atoms with van der Waals surface area (Å²) in [6, 6.07) is 3.26. The number of ether oxygens (including phenoxy) is 1. The minimum Gasteiger partial charge on any atom is -0.477 e. The summed E-state index contributed by atoms with van der Waals surface area (Å²) in [6.45, 7) is 7.48. The number of nitrogens with zero attached hydrogens (tertiary/aromatic N) is 3. The highest BCUT2D eigenvalue weighted by Gasteiger charge is 2.25. The molecule has 3 heterocycles. The average Bonchev–Trinajstić information content (AvgIpc) is 2.50. The zero-order valence-electron chi connectivity index (χ0n) is 14.3. The van der Waals surface area contributed by atoms with Crippen LogP contribution in [0.25, 0.3) is 0 Å². The lowest BCUT2D eigenvalue weighted by Crippen LogP contribution is -2.34. The monoisotopic (exact) mass is 346 g/mol. The minimum atomic E-state index is -0.618. The Hall–Kier alpha value is -2.97. The quantitative estimate of drug-likeness (QED) is 0.785. The van der Waals surface area contributed by atoms with Gasteiger partial charge in [0.25, 0.3) is 5.91 Å². The van der Waals surface area contributed by atoms with E-state index in [1.54, 1.807) is 19.1 Å². The molecule has 3 rings (SSSR count). The van der Waals surface area contributed by atoms with Crippen molar-refractivity contribution < 1.29 is 13.9 Å². The molecule has 0 radical (unpaired) electrons. The molecule has 0 aromatic carbocycles. The molecule has 1 amide bonds. The lowest BCUT2D eigenvalue weighted by atomic mass is 10.1. The van der Waals surface area contributed by atoms with Gasteiger partial charge in [-0.15, -0.1) is 0 Å². The van der Waals surface area contributed by atoms with Crippen molar-refractivity contribution in [2.75, 3.05) is 16.0 Å². The van der Waals surface area contributed by atoms with Crippen molar-refractivity contribution in [3.8, 4) is 5.75 Å². The van der Waals surface area contributed by atoms with E-state index in [2.05, 4.69) is 30.9 Å². The second-order valence-electron chi connectivity index (χ2n) is 6.68. The molecule has 1 atom stereocenters. The molecule has 0 bridgehead atoms. The average molecular weight is 346 g/mol. The number of carbonyl (C=O) groups is 1. The number of rotatable bonds is 3. The fourth-order valence-electron chi connectivity index (χ4n) is 2.13. The van der Waals surface area contributed by atoms with Crippen LogP contribution in [0.4, 0.5) is 27.8 Å². The molecule has 8 nitrogen and oxygen atoms in total. The number of fused-ring (bicyclic) bond motifs is 1. The van der Waals surface area contributed by atoms with Crippen LogP contribution >= 0.6 is 0 Å². The Labute approximate surface area is 144 Å². The summed E-state index contributed by atoms with van der Waals surface area (Å²) < 4.78 is 19.4. The lowest BCUT2D eigenvalue weighted by Gasteiger charge is -2.23. The van der Waals surface area contributed by atoms with Gasteiger partial charge in [-0.05, 0) is 39.8 Å². The third-order valence-corrected chi connectivity index (χ3v) is 3.25. The maximum absolute atomic E-state index is 14.0. The lowest BCUT2D eigenvalue weighted by molar-refractivity contribution is -0.122. The van der Waals surface area contributed by atoms with E-state index >= 15 is 0 Å². The Bertz CT molecular complexity index is 821. The van der Waals surface area contributed by atoms with Crippen LogP contribution in [0.15, 0.2) is 18.3 Å². The van der Waals surface area contributed by atoms with Crippen LogP contribution in [-0.4, -0.2) is 32.5 Å². The molecule has 25 heavy (non-hydrogen) atoms. The van der Waals surface area contributed by atoms with Crippen LogP contribution in [0.2, 0.25) is 0 Å². The molecule has 3 N–H and O–H groups in total. The van der Waals surface area contributed by atoms with E-state index < -0.39 is 11.9 Å². The van der Waals surface area contributed by atoms with E-state index in [0.29, 0.717) is 17.5 Å². The first-order valence-corrected chi connectivity index (χ1v) is 7.77. The molecule has 132 valence electrons. The molecular formula is C16H19FN6O2. The molecule has 1 unspecified atom stereocenters. The molecule has 2 aromatic rings. The fraction of sp³-hybridized carbons (Fsp3) is 0.375. The van der Waals surface area contributed by atoms with Crippen molar-refractivity contribution in [1.82, 2.24) is 15.0 Å². The molecule has 1 aliphatic heterocycles. The van der Waals surface area contributed by atoms with Gasteiger partial charge in [-0.3, -0.25) is 4.79 Å². The predicted molar refractivity (Wildman–Crippen MR) is 91.6 cm³/mol. The van der Waals surface area contributed by atoms with Crippen molar-refractivity contribution in [1.29, 1.82) is 0 Å². The number of anilines is 4. The third-order valence-electron chi connectivity index (χ3n) is 3.25. The highest BCUT2D eigenvalue weighted by atomic mass is 19.1. The number of amides is 1. The summed E-state index contributed by atoms with van der Waals surface area (Å²) in [4.78, 5) is 23.9. The van der Waals surface area contributed by atoms with Gasteiger partial charge in [0.15, 0.2) is 29.3 Å². The predicted octanol–water partition coefficient (Wildman–Crippen LogP) is 2.68. The number of hydrogen-bond acceptors (Lipinski definition) is 7. The SMILES string of the molecule is CC1Oc2ccc(Nc3nc(NC(C)(C)C)ncc3F)nc2NC1=O. The van der Waals surface area contributed by atoms with Crippen LogP contribution in [0, 0.1) is 5.82 Å². The summed E-state index contributed by atoms with van der Waals surface area (Å²) in [5.41, 5.74) is -0.266. The van der Waals surface area contributed by atoms with E-state index in [0.717, 1.165) is 6.20 Å². The zero-order valence-corrected chi connectivity index (χ0v) is 14.3. The van der Waals surface area contributed by atoms with Gasteiger partial charge in [0.1, 0.15) is 5.82 Å². The van der Waals surface area contributed by atoms with Gasteiger partial charge in [0, 0.05) is 5.54 Å². The van der Waals surface area contributed by atoms with Crippen molar-refractivity contribution in [3.05, 3.63) is 24.1 Å². The molecule has 0 saturated carbocycles. The van der Waals surface area contributed by atoms with Gasteiger partial charge in [-0.2, -0.15) is 4.98 Å². The second-order valence-corrected chi connectivity index (χ2v) is 6.68. The maximum atomic E-state index is 14.0. The Morgan fingerprint density at radius 2 is 2.04 bits per heavy atom. The molecular weight excluding hydrogens is 327 g/mol. The van der Waals surface area contributed by atoms with E-state index in [4.69, 9.17) is 4.74 Å². The normalized spacial score (nSPS) is 16.5. The zero-order chi connectivity index (χ0) is 18.2. The highest BCUT2D eigenvalue weighted by molar-refractivity contribution is 5.96. The fourth-order valence-corrected chi connectivity index (χ4v) is 2.13. The van der Waals surface area contributed by atoms with E-state index in [1.807, 2.05) is 20.8 Å². The smallest absolute Gasteiger partial charge is 0.266 e. The summed E-state index contributed by atoms with van der Waals surface area (Å²) in [6.07, 6.45) is 0.493. The van der Waals surface area contributed by atoms with Gasteiger partial charge in [0.05, 0.1) is 6.20 Å². The van der Waals surface area contributed by atoms with Crippen LogP contribution in [0.1, 0.15) is 27.7 Å². The number of aromatic nitrogens is 3. The molecule has 0 saturated heterocycles. The molecule has 9 heteroatoms. The Morgan fingerprint density at radius 3 is 2.76 bits per heavy atom. The molecule has 2 aromatic heterocycles. The van der Waals surface area contributed by atoms with Crippen molar-refractivity contribution >= 4 is 29.3 Å². The topological polar surface area (TPSA) is 101 Å². The molecule has 1 aliphatic rings. The van der Waals surface area contributed by atoms with Crippen LogP contribution in [-0.2, 0) is 4.79 Å². The van der Waals surface area contributed by atoms with Crippen molar-refractivity contribution in [3.63, 3.8) is 0 Å². The molecule has 0 fully saturated rings. The standard InChI is InChI=1S/C16H19FN6O2/c1-8-14(24)21-13-10(25-8)5-6-11(20-13)19-12-9(17)7-18-15(22-12)23-16(2,3)4/h5-8H,1-4H3,(H3,18,19,20,21,22,23,24). The van der Waals surface area contributed by atoms with E-state index in [1.165, 1.54) is 0 Å². The number of hydrogen-bond donors (Lipinski definition) is 3. The van der Waals surface area contributed by atoms with Crippen LogP contribution < -0.4 is 20.7 Å². The Kier molecular flexibility index (Phi) is 4.15. The number of halogens is 1. The number of pyridine rings is 1. The first-order chi connectivity index (χ1) is 11.7.